The zero-order chi connectivity index (χ0) is 22.9. The molecule has 0 fully saturated rings. The lowest BCUT2D eigenvalue weighted by molar-refractivity contribution is -0.120. The van der Waals surface area contributed by atoms with Gasteiger partial charge in [-0.05, 0) is 36.8 Å². The molecule has 0 aliphatic heterocycles. The molecule has 4 nitrogen and oxygen atoms in total. The number of aryl methyl sites for hydroxylation is 1. The lowest BCUT2D eigenvalue weighted by Gasteiger charge is -2.15. The zero-order valence-corrected chi connectivity index (χ0v) is 19.8. The molecule has 0 aliphatic rings. The van der Waals surface area contributed by atoms with Crippen LogP contribution in [-0.2, 0) is 4.79 Å². The Bertz CT molecular complexity index is 1380. The average Bonchev–Trinajstić information content (AvgIpc) is 3.01. The predicted octanol–water partition coefficient (Wildman–Crippen LogP) is 4.63. The van der Waals surface area contributed by atoms with E-state index >= 15 is 0 Å². The van der Waals surface area contributed by atoms with E-state index in [4.69, 9.17) is 23.2 Å². The molecule has 2 aromatic carbocycles. The van der Waals surface area contributed by atoms with Crippen LogP contribution in [0.4, 0.5) is 0 Å². The van der Waals surface area contributed by atoms with Crippen molar-refractivity contribution in [2.24, 2.45) is 5.41 Å². The Morgan fingerprint density at radius 1 is 1.10 bits per heavy atom. The Hall–Kier alpha value is -2.65. The van der Waals surface area contributed by atoms with E-state index in [1.54, 1.807) is 51.1 Å². The first-order valence-corrected chi connectivity index (χ1v) is 11.1. The average molecular weight is 471 g/mol. The molecule has 0 saturated heterocycles. The fourth-order valence-corrected chi connectivity index (χ4v) is 4.62. The van der Waals surface area contributed by atoms with E-state index in [-0.39, 0.29) is 21.6 Å². The van der Waals surface area contributed by atoms with Crippen LogP contribution in [0.5, 0.6) is 0 Å². The van der Waals surface area contributed by atoms with E-state index in [0.717, 1.165) is 16.9 Å². The van der Waals surface area contributed by atoms with Crippen molar-refractivity contribution < 1.29 is 4.79 Å². The minimum Gasteiger partial charge on any atom is -0.293 e. The molecule has 1 aromatic heterocycles. The highest BCUT2D eigenvalue weighted by Gasteiger charge is 2.27. The predicted molar refractivity (Wildman–Crippen MR) is 127 cm³/mol. The van der Waals surface area contributed by atoms with Gasteiger partial charge in [0.1, 0.15) is 16.3 Å². The Balaban J connectivity index is 2.52. The Labute approximate surface area is 194 Å². The van der Waals surface area contributed by atoms with Crippen molar-refractivity contribution in [3.05, 3.63) is 83.2 Å². The highest BCUT2D eigenvalue weighted by molar-refractivity contribution is 7.07. The fourth-order valence-electron chi connectivity index (χ4n) is 3.03. The summed E-state index contributed by atoms with van der Waals surface area (Å²) in [7, 11) is 0. The van der Waals surface area contributed by atoms with Gasteiger partial charge in [0.25, 0.3) is 5.56 Å². The number of benzene rings is 2. The van der Waals surface area contributed by atoms with Gasteiger partial charge >= 0.3 is 0 Å². The van der Waals surface area contributed by atoms with Crippen molar-refractivity contribution in [1.29, 1.82) is 5.26 Å². The van der Waals surface area contributed by atoms with E-state index < -0.39 is 5.41 Å². The third-order valence-corrected chi connectivity index (χ3v) is 6.44. The van der Waals surface area contributed by atoms with Gasteiger partial charge in [0.15, 0.2) is 5.78 Å². The summed E-state index contributed by atoms with van der Waals surface area (Å²) in [5.41, 5.74) is 0.776. The first-order valence-electron chi connectivity index (χ1n) is 9.49. The van der Waals surface area contributed by atoms with Gasteiger partial charge in [-0.15, -0.1) is 11.3 Å². The van der Waals surface area contributed by atoms with E-state index in [1.807, 2.05) is 31.2 Å². The first kappa shape index (κ1) is 23.0. The van der Waals surface area contributed by atoms with Crippen LogP contribution in [0.15, 0.2) is 47.3 Å². The van der Waals surface area contributed by atoms with E-state index in [0.29, 0.717) is 25.8 Å². The molecule has 1 heterocycles. The molecule has 3 rings (SSSR count). The molecular weight excluding hydrogens is 451 g/mol. The molecule has 0 aliphatic carbocycles. The third-order valence-electron chi connectivity index (χ3n) is 4.69. The third kappa shape index (κ3) is 4.52. The zero-order valence-electron chi connectivity index (χ0n) is 17.5. The molecule has 0 unspecified atom stereocenters. The SMILES string of the molecule is Cc1ccccc1-n1c(=O)/c(=C\c2c(Cl)cccc2Cl)s/c1=C(\C#N)C(=O)C(C)(C)C. The monoisotopic (exact) mass is 470 g/mol. The maximum Gasteiger partial charge on any atom is 0.273 e. The standard InChI is InChI=1S/C24H20Cl2N2O2S/c1-14-8-5-6-11-19(14)28-22(30)20(12-15-17(25)9-7-10-18(15)26)31-23(28)16(13-27)21(29)24(2,3)4/h5-12H,1-4H3/b20-12+,23-16+. The topological polar surface area (TPSA) is 62.9 Å². The molecule has 0 atom stereocenters. The number of rotatable bonds is 3. The van der Waals surface area contributed by atoms with Crippen molar-refractivity contribution >= 4 is 52.0 Å². The fraction of sp³-hybridized carbons (Fsp3) is 0.208. The second-order valence-corrected chi connectivity index (χ2v) is 9.89. The van der Waals surface area contributed by atoms with Crippen LogP contribution in [0.3, 0.4) is 0 Å². The summed E-state index contributed by atoms with van der Waals surface area (Å²) in [6.45, 7) is 7.10. The smallest absolute Gasteiger partial charge is 0.273 e. The van der Waals surface area contributed by atoms with Crippen LogP contribution in [0.1, 0.15) is 31.9 Å². The minimum absolute atomic E-state index is 0.0530. The maximum atomic E-state index is 13.5. The van der Waals surface area contributed by atoms with Crippen LogP contribution >= 0.6 is 34.5 Å². The quantitative estimate of drug-likeness (QED) is 0.560. The van der Waals surface area contributed by atoms with Gasteiger partial charge in [0, 0.05) is 21.0 Å². The van der Waals surface area contributed by atoms with E-state index in [9.17, 15) is 14.9 Å². The molecule has 0 amide bonds. The summed E-state index contributed by atoms with van der Waals surface area (Å²) >= 11 is 13.7. The van der Waals surface area contributed by atoms with Crippen LogP contribution in [0.25, 0.3) is 17.3 Å². The number of nitriles is 1. The summed E-state index contributed by atoms with van der Waals surface area (Å²) < 4.78 is 2.04. The van der Waals surface area contributed by atoms with Crippen molar-refractivity contribution in [2.45, 2.75) is 27.7 Å². The van der Waals surface area contributed by atoms with E-state index in [2.05, 4.69) is 0 Å². The normalized spacial score (nSPS) is 13.1. The molecule has 3 aromatic rings. The number of nitrogens with zero attached hydrogens (tertiary/aromatic N) is 2. The Morgan fingerprint density at radius 2 is 1.71 bits per heavy atom. The van der Waals surface area contributed by atoms with Gasteiger partial charge in [-0.1, -0.05) is 68.2 Å². The van der Waals surface area contributed by atoms with Crippen LogP contribution in [0, 0.1) is 23.7 Å². The lowest BCUT2D eigenvalue weighted by atomic mass is 9.87. The molecule has 0 bridgehead atoms. The highest BCUT2D eigenvalue weighted by Crippen LogP contribution is 2.25. The highest BCUT2D eigenvalue weighted by atomic mass is 35.5. The summed E-state index contributed by atoms with van der Waals surface area (Å²) in [5, 5.41) is 10.7. The summed E-state index contributed by atoms with van der Waals surface area (Å²) in [6, 6.07) is 14.4. The van der Waals surface area contributed by atoms with Gasteiger partial charge in [-0.2, -0.15) is 5.26 Å². The lowest BCUT2D eigenvalue weighted by Crippen LogP contribution is -2.33. The molecule has 0 N–H and O–H groups in total. The number of Topliss-reactive ketones (excluding diaryl/α,β-unsaturated/α-hetero) is 1. The number of halogens is 2. The second-order valence-electron chi connectivity index (χ2n) is 8.04. The van der Waals surface area contributed by atoms with Gasteiger partial charge in [-0.25, -0.2) is 0 Å². The second kappa shape index (κ2) is 8.84. The number of carbonyl (C=O) groups is 1. The Morgan fingerprint density at radius 3 is 2.26 bits per heavy atom. The van der Waals surface area contributed by atoms with Crippen LogP contribution < -0.4 is 14.8 Å². The van der Waals surface area contributed by atoms with Gasteiger partial charge in [-0.3, -0.25) is 14.2 Å². The summed E-state index contributed by atoms with van der Waals surface area (Å²) in [4.78, 5) is 26.5. The summed E-state index contributed by atoms with van der Waals surface area (Å²) in [5.74, 6) is -0.332. The number of carbonyl (C=O) groups excluding carboxylic acids is 1. The van der Waals surface area contributed by atoms with Gasteiger partial charge < -0.3 is 0 Å². The van der Waals surface area contributed by atoms with Crippen LogP contribution in [-0.4, -0.2) is 10.4 Å². The molecule has 0 radical (unpaired) electrons. The number of ketones is 1. The molecule has 31 heavy (non-hydrogen) atoms. The number of para-hydroxylation sites is 1. The molecule has 158 valence electrons. The van der Waals surface area contributed by atoms with E-state index in [1.165, 1.54) is 4.57 Å². The van der Waals surface area contributed by atoms with Crippen molar-refractivity contribution in [2.75, 3.05) is 0 Å². The number of hydrogen-bond donors (Lipinski definition) is 0. The summed E-state index contributed by atoms with van der Waals surface area (Å²) in [6.07, 6.45) is 1.60. The minimum atomic E-state index is -0.780. The van der Waals surface area contributed by atoms with Crippen molar-refractivity contribution in [1.82, 2.24) is 4.57 Å². The Kier molecular flexibility index (Phi) is 6.56. The van der Waals surface area contributed by atoms with Gasteiger partial charge in [0.2, 0.25) is 0 Å². The molecule has 0 saturated carbocycles. The number of hydrogen-bond acceptors (Lipinski definition) is 4. The number of thiazole rings is 1. The molecular formula is C24H20Cl2N2O2S. The molecule has 7 heteroatoms. The maximum absolute atomic E-state index is 13.5. The van der Waals surface area contributed by atoms with Crippen molar-refractivity contribution in [3.63, 3.8) is 0 Å². The number of aromatic nitrogens is 1. The largest absolute Gasteiger partial charge is 0.293 e. The van der Waals surface area contributed by atoms with Crippen molar-refractivity contribution in [3.8, 4) is 11.8 Å². The first-order chi connectivity index (χ1) is 14.6. The molecule has 0 spiro atoms. The van der Waals surface area contributed by atoms with Gasteiger partial charge in [0.05, 0.1) is 10.2 Å². The van der Waals surface area contributed by atoms with Crippen LogP contribution in [0.2, 0.25) is 10.0 Å².